The first-order valence-corrected chi connectivity index (χ1v) is 8.56. The van der Waals surface area contributed by atoms with Gasteiger partial charge in [-0.1, -0.05) is 18.2 Å². The molecule has 0 saturated heterocycles. The monoisotopic (exact) mass is 313 g/mol. The zero-order valence-corrected chi connectivity index (χ0v) is 13.9. The fourth-order valence-corrected chi connectivity index (χ4v) is 3.13. The maximum absolute atomic E-state index is 12.3. The second-order valence-corrected chi connectivity index (χ2v) is 6.76. The minimum Gasteiger partial charge on any atom is -0.378 e. The number of aliphatic hydroxyl groups excluding tert-OH is 1. The van der Waals surface area contributed by atoms with Crippen molar-refractivity contribution in [3.8, 4) is 0 Å². The lowest BCUT2D eigenvalue weighted by Gasteiger charge is -2.19. The number of hydrogen-bond donors (Lipinski definition) is 1. The third-order valence-corrected chi connectivity index (χ3v) is 4.87. The van der Waals surface area contributed by atoms with Crippen LogP contribution in [0.3, 0.4) is 0 Å². The van der Waals surface area contributed by atoms with Crippen molar-refractivity contribution in [2.24, 2.45) is 0 Å². The standard InChI is InChI=1S/C15H24NO4P/c1-5-19-21(18,20-6-2)15(17)12-9-13-7-10-14(11-8-13)16(3)4/h7-12,15,17H,5-6H2,1-4H3/b12-9+. The van der Waals surface area contributed by atoms with Crippen molar-refractivity contribution >= 4 is 19.4 Å². The molecule has 0 aromatic heterocycles. The molecule has 0 bridgehead atoms. The zero-order valence-electron chi connectivity index (χ0n) is 13.0. The van der Waals surface area contributed by atoms with E-state index in [1.54, 1.807) is 19.9 Å². The Bertz CT molecular complexity index is 489. The molecule has 6 heteroatoms. The van der Waals surface area contributed by atoms with E-state index in [1.807, 2.05) is 43.3 Å². The van der Waals surface area contributed by atoms with E-state index in [0.717, 1.165) is 11.3 Å². The van der Waals surface area contributed by atoms with Crippen molar-refractivity contribution in [3.05, 3.63) is 35.9 Å². The summed E-state index contributed by atoms with van der Waals surface area (Å²) in [4.78, 5) is 2.00. The highest BCUT2D eigenvalue weighted by Crippen LogP contribution is 2.52. The molecule has 0 amide bonds. The molecule has 5 nitrogen and oxygen atoms in total. The summed E-state index contributed by atoms with van der Waals surface area (Å²) >= 11 is 0. The van der Waals surface area contributed by atoms with E-state index in [0.29, 0.717) is 0 Å². The van der Waals surface area contributed by atoms with Crippen molar-refractivity contribution < 1.29 is 18.7 Å². The topological polar surface area (TPSA) is 59.0 Å². The Balaban J connectivity index is 2.80. The van der Waals surface area contributed by atoms with Crippen LogP contribution in [0.25, 0.3) is 6.08 Å². The van der Waals surface area contributed by atoms with E-state index >= 15 is 0 Å². The summed E-state index contributed by atoms with van der Waals surface area (Å²) in [5.74, 6) is -1.27. The van der Waals surface area contributed by atoms with Gasteiger partial charge < -0.3 is 19.1 Å². The minimum atomic E-state index is -3.51. The maximum atomic E-state index is 12.3. The number of benzene rings is 1. The molecule has 1 atom stereocenters. The fraction of sp³-hybridized carbons (Fsp3) is 0.467. The first-order valence-electron chi connectivity index (χ1n) is 6.95. The van der Waals surface area contributed by atoms with Crippen LogP contribution in [0.15, 0.2) is 30.3 Å². The van der Waals surface area contributed by atoms with E-state index in [4.69, 9.17) is 9.05 Å². The predicted molar refractivity (Wildman–Crippen MR) is 86.7 cm³/mol. The van der Waals surface area contributed by atoms with Gasteiger partial charge in [0.25, 0.3) is 0 Å². The number of rotatable bonds is 8. The zero-order chi connectivity index (χ0) is 15.9. The van der Waals surface area contributed by atoms with Crippen LogP contribution in [0, 0.1) is 0 Å². The molecule has 0 fully saturated rings. The molecule has 0 aliphatic carbocycles. The van der Waals surface area contributed by atoms with Crippen LogP contribution in [-0.4, -0.2) is 38.3 Å². The summed E-state index contributed by atoms with van der Waals surface area (Å²) in [5, 5.41) is 10.0. The van der Waals surface area contributed by atoms with Gasteiger partial charge >= 0.3 is 7.60 Å². The molecule has 0 saturated carbocycles. The van der Waals surface area contributed by atoms with Crippen LogP contribution in [0.2, 0.25) is 0 Å². The molecule has 0 aliphatic rings. The highest BCUT2D eigenvalue weighted by atomic mass is 31.2. The maximum Gasteiger partial charge on any atom is 0.362 e. The van der Waals surface area contributed by atoms with Crippen LogP contribution in [0.1, 0.15) is 19.4 Å². The van der Waals surface area contributed by atoms with Crippen molar-refractivity contribution in [1.82, 2.24) is 0 Å². The third-order valence-electron chi connectivity index (χ3n) is 2.81. The second kappa shape index (κ2) is 8.35. The molecule has 0 heterocycles. The second-order valence-electron chi connectivity index (χ2n) is 4.63. The number of hydrogen-bond acceptors (Lipinski definition) is 5. The van der Waals surface area contributed by atoms with Gasteiger partial charge in [0.15, 0.2) is 5.85 Å². The Morgan fingerprint density at radius 1 is 1.19 bits per heavy atom. The molecule has 21 heavy (non-hydrogen) atoms. The molecule has 1 unspecified atom stereocenters. The first kappa shape index (κ1) is 17.9. The van der Waals surface area contributed by atoms with Crippen molar-refractivity contribution in [2.75, 3.05) is 32.2 Å². The highest BCUT2D eigenvalue weighted by molar-refractivity contribution is 7.54. The Labute approximate surface area is 126 Å². The third kappa shape index (κ3) is 5.29. The molecular weight excluding hydrogens is 289 g/mol. The number of nitrogens with zero attached hydrogens (tertiary/aromatic N) is 1. The summed E-state index contributed by atoms with van der Waals surface area (Å²) in [5.41, 5.74) is 1.99. The normalized spacial score (nSPS) is 13.6. The molecule has 0 spiro atoms. The van der Waals surface area contributed by atoms with Crippen LogP contribution in [-0.2, 0) is 13.6 Å². The van der Waals surface area contributed by atoms with Crippen LogP contribution in [0.4, 0.5) is 5.69 Å². The van der Waals surface area contributed by atoms with Gasteiger partial charge in [-0.2, -0.15) is 0 Å². The lowest BCUT2D eigenvalue weighted by Crippen LogP contribution is -2.10. The van der Waals surface area contributed by atoms with Gasteiger partial charge in [-0.3, -0.25) is 4.57 Å². The molecule has 0 aliphatic heterocycles. The molecule has 1 aromatic rings. The Morgan fingerprint density at radius 2 is 1.71 bits per heavy atom. The highest BCUT2D eigenvalue weighted by Gasteiger charge is 2.31. The number of anilines is 1. The average Bonchev–Trinajstić information content (AvgIpc) is 2.45. The summed E-state index contributed by atoms with van der Waals surface area (Å²) in [6, 6.07) is 7.78. The van der Waals surface area contributed by atoms with Gasteiger partial charge in [0.05, 0.1) is 13.2 Å². The smallest absolute Gasteiger partial charge is 0.362 e. The van der Waals surface area contributed by atoms with Crippen molar-refractivity contribution in [2.45, 2.75) is 19.7 Å². The minimum absolute atomic E-state index is 0.222. The Hall–Kier alpha value is -1.13. The van der Waals surface area contributed by atoms with Gasteiger partial charge in [-0.15, -0.1) is 0 Å². The van der Waals surface area contributed by atoms with E-state index in [1.165, 1.54) is 6.08 Å². The van der Waals surface area contributed by atoms with Gasteiger partial charge in [0.1, 0.15) is 0 Å². The molecule has 1 aromatic carbocycles. The molecule has 0 radical (unpaired) electrons. The Kier molecular flexibility index (Phi) is 7.12. The van der Waals surface area contributed by atoms with Gasteiger partial charge in [0.2, 0.25) is 0 Å². The van der Waals surface area contributed by atoms with E-state index < -0.39 is 13.4 Å². The van der Waals surface area contributed by atoms with E-state index in [2.05, 4.69) is 0 Å². The lowest BCUT2D eigenvalue weighted by molar-refractivity contribution is 0.169. The molecule has 1 N–H and O–H groups in total. The fourth-order valence-electron chi connectivity index (χ4n) is 1.74. The summed E-state index contributed by atoms with van der Waals surface area (Å²) in [7, 11) is 0.423. The van der Waals surface area contributed by atoms with Gasteiger partial charge in [0, 0.05) is 19.8 Å². The molecule has 118 valence electrons. The van der Waals surface area contributed by atoms with Crippen molar-refractivity contribution in [1.29, 1.82) is 0 Å². The molecular formula is C15H24NO4P. The summed E-state index contributed by atoms with van der Waals surface area (Å²) in [6.45, 7) is 3.86. The van der Waals surface area contributed by atoms with Gasteiger partial charge in [-0.05, 0) is 37.6 Å². The predicted octanol–water partition coefficient (Wildman–Crippen LogP) is 3.35. The van der Waals surface area contributed by atoms with Crippen LogP contribution < -0.4 is 4.90 Å². The lowest BCUT2D eigenvalue weighted by atomic mass is 10.2. The summed E-state index contributed by atoms with van der Waals surface area (Å²) in [6.07, 6.45) is 3.14. The van der Waals surface area contributed by atoms with E-state index in [9.17, 15) is 9.67 Å². The van der Waals surface area contributed by atoms with Crippen LogP contribution in [0.5, 0.6) is 0 Å². The molecule has 1 rings (SSSR count). The SMILES string of the molecule is CCOP(=O)(OCC)C(O)/C=C/c1ccc(N(C)C)cc1. The summed E-state index contributed by atoms with van der Waals surface area (Å²) < 4.78 is 22.5. The Morgan fingerprint density at radius 3 is 2.14 bits per heavy atom. The van der Waals surface area contributed by atoms with Crippen LogP contribution >= 0.6 is 7.60 Å². The van der Waals surface area contributed by atoms with E-state index in [-0.39, 0.29) is 13.2 Å². The number of aliphatic hydroxyl groups is 1. The quantitative estimate of drug-likeness (QED) is 0.746. The largest absolute Gasteiger partial charge is 0.378 e. The van der Waals surface area contributed by atoms with Crippen molar-refractivity contribution in [3.63, 3.8) is 0 Å². The average molecular weight is 313 g/mol. The van der Waals surface area contributed by atoms with Gasteiger partial charge in [-0.25, -0.2) is 0 Å². The first-order chi connectivity index (χ1) is 9.92.